The molecule has 2 unspecified atom stereocenters. The molecule has 1 aliphatic heterocycles. The topological polar surface area (TPSA) is 21.3 Å². The zero-order valence-electron chi connectivity index (χ0n) is 11.9. The van der Waals surface area contributed by atoms with E-state index in [1.165, 1.54) is 16.7 Å². The van der Waals surface area contributed by atoms with Crippen LogP contribution < -0.4 is 5.32 Å². The van der Waals surface area contributed by atoms with Gasteiger partial charge >= 0.3 is 0 Å². The number of rotatable bonds is 2. The van der Waals surface area contributed by atoms with Crippen molar-refractivity contribution in [2.24, 2.45) is 0 Å². The summed E-state index contributed by atoms with van der Waals surface area (Å²) in [5, 5.41) is 3.51. The highest BCUT2D eigenvalue weighted by Crippen LogP contribution is 2.24. The Morgan fingerprint density at radius 1 is 0.950 bits per heavy atom. The van der Waals surface area contributed by atoms with Gasteiger partial charge in [0, 0.05) is 19.2 Å². The molecule has 104 valence electrons. The Labute approximate surface area is 120 Å². The van der Waals surface area contributed by atoms with Crippen molar-refractivity contribution < 1.29 is 4.74 Å². The van der Waals surface area contributed by atoms with Gasteiger partial charge in [-0.25, -0.2) is 0 Å². The molecule has 1 fully saturated rings. The fraction of sp³-hybridized carbons (Fsp3) is 0.333. The summed E-state index contributed by atoms with van der Waals surface area (Å²) in [5.74, 6) is 0. The third-order valence-electron chi connectivity index (χ3n) is 3.91. The largest absolute Gasteiger partial charge is 0.372 e. The lowest BCUT2D eigenvalue weighted by Crippen LogP contribution is -2.27. The van der Waals surface area contributed by atoms with Gasteiger partial charge in [-0.1, -0.05) is 54.6 Å². The van der Waals surface area contributed by atoms with Crippen molar-refractivity contribution in [2.75, 3.05) is 13.2 Å². The van der Waals surface area contributed by atoms with Gasteiger partial charge in [-0.3, -0.25) is 0 Å². The summed E-state index contributed by atoms with van der Waals surface area (Å²) < 4.78 is 5.94. The Morgan fingerprint density at radius 3 is 2.40 bits per heavy atom. The van der Waals surface area contributed by atoms with Crippen LogP contribution in [0.2, 0.25) is 0 Å². The van der Waals surface area contributed by atoms with Gasteiger partial charge in [0.1, 0.15) is 0 Å². The third kappa shape index (κ3) is 3.09. The summed E-state index contributed by atoms with van der Waals surface area (Å²) >= 11 is 0. The molecule has 1 heterocycles. The molecule has 0 amide bonds. The molecule has 0 bridgehead atoms. The molecule has 1 aliphatic rings. The molecule has 2 nitrogen and oxygen atoms in total. The molecule has 2 heteroatoms. The molecule has 0 saturated carbocycles. The van der Waals surface area contributed by atoms with Crippen LogP contribution in [0.25, 0.3) is 11.1 Å². The predicted octanol–water partition coefficient (Wildman–Crippen LogP) is 3.79. The summed E-state index contributed by atoms with van der Waals surface area (Å²) in [6.07, 6.45) is 1.25. The van der Waals surface area contributed by atoms with Crippen LogP contribution in [-0.4, -0.2) is 19.2 Å². The summed E-state index contributed by atoms with van der Waals surface area (Å²) in [6, 6.07) is 19.8. The summed E-state index contributed by atoms with van der Waals surface area (Å²) in [4.78, 5) is 0. The van der Waals surface area contributed by atoms with Crippen molar-refractivity contribution in [3.8, 4) is 11.1 Å². The first-order valence-electron chi connectivity index (χ1n) is 7.33. The van der Waals surface area contributed by atoms with Gasteiger partial charge in [-0.05, 0) is 30.0 Å². The van der Waals surface area contributed by atoms with E-state index in [9.17, 15) is 0 Å². The molecule has 0 aromatic heterocycles. The molecule has 0 spiro atoms. The second kappa shape index (κ2) is 6.21. The number of hydrogen-bond donors (Lipinski definition) is 1. The van der Waals surface area contributed by atoms with Crippen LogP contribution in [-0.2, 0) is 4.74 Å². The molecule has 2 atom stereocenters. The van der Waals surface area contributed by atoms with Crippen LogP contribution in [0.5, 0.6) is 0 Å². The lowest BCUT2D eigenvalue weighted by Gasteiger charge is -2.16. The molecule has 3 rings (SSSR count). The first kappa shape index (κ1) is 13.3. The van der Waals surface area contributed by atoms with Crippen molar-refractivity contribution in [3.63, 3.8) is 0 Å². The highest BCUT2D eigenvalue weighted by molar-refractivity contribution is 5.63. The van der Waals surface area contributed by atoms with Gasteiger partial charge in [-0.15, -0.1) is 0 Å². The highest BCUT2D eigenvalue weighted by Gasteiger charge is 2.17. The van der Waals surface area contributed by atoms with Crippen molar-refractivity contribution in [1.82, 2.24) is 5.32 Å². The van der Waals surface area contributed by atoms with Gasteiger partial charge in [-0.2, -0.15) is 0 Å². The van der Waals surface area contributed by atoms with Gasteiger partial charge in [0.2, 0.25) is 0 Å². The molecule has 2 aromatic carbocycles. The van der Waals surface area contributed by atoms with Crippen LogP contribution in [0, 0.1) is 0 Å². The van der Waals surface area contributed by atoms with E-state index in [1.54, 1.807) is 0 Å². The molecular formula is C18H21NO. The van der Waals surface area contributed by atoms with E-state index in [1.807, 2.05) is 6.07 Å². The van der Waals surface area contributed by atoms with Crippen molar-refractivity contribution in [1.29, 1.82) is 0 Å². The van der Waals surface area contributed by atoms with Crippen molar-refractivity contribution >= 4 is 0 Å². The zero-order valence-corrected chi connectivity index (χ0v) is 11.9. The SMILES string of the molecule is CC1CCOC(c2ccc(-c3ccccc3)cc2)CN1. The zero-order chi connectivity index (χ0) is 13.8. The number of nitrogens with one attached hydrogen (secondary N) is 1. The van der Waals surface area contributed by atoms with E-state index in [-0.39, 0.29) is 6.10 Å². The Morgan fingerprint density at radius 2 is 1.65 bits per heavy atom. The maximum Gasteiger partial charge on any atom is 0.0949 e. The first-order chi connectivity index (χ1) is 9.83. The minimum atomic E-state index is 0.171. The number of benzene rings is 2. The molecule has 2 aromatic rings. The number of hydrogen-bond acceptors (Lipinski definition) is 2. The number of ether oxygens (including phenoxy) is 1. The van der Waals surface area contributed by atoms with Crippen LogP contribution in [0.1, 0.15) is 25.0 Å². The lowest BCUT2D eigenvalue weighted by molar-refractivity contribution is 0.0665. The normalized spacial score (nSPS) is 23.2. The van der Waals surface area contributed by atoms with Gasteiger partial charge in [0.25, 0.3) is 0 Å². The van der Waals surface area contributed by atoms with E-state index >= 15 is 0 Å². The maximum atomic E-state index is 5.94. The highest BCUT2D eigenvalue weighted by atomic mass is 16.5. The molecular weight excluding hydrogens is 246 g/mol. The fourth-order valence-corrected chi connectivity index (χ4v) is 2.59. The van der Waals surface area contributed by atoms with Crippen LogP contribution in [0.15, 0.2) is 54.6 Å². The lowest BCUT2D eigenvalue weighted by atomic mass is 10.0. The smallest absolute Gasteiger partial charge is 0.0949 e. The fourth-order valence-electron chi connectivity index (χ4n) is 2.59. The standard InChI is InChI=1S/C18H21NO/c1-14-11-12-20-18(13-19-14)17-9-7-16(8-10-17)15-5-3-2-4-6-15/h2-10,14,18-19H,11-13H2,1H3. The molecule has 0 aliphatic carbocycles. The van der Waals surface area contributed by atoms with E-state index in [4.69, 9.17) is 4.74 Å². The summed E-state index contributed by atoms with van der Waals surface area (Å²) in [6.45, 7) is 3.94. The first-order valence-corrected chi connectivity index (χ1v) is 7.33. The molecule has 0 radical (unpaired) electrons. The minimum absolute atomic E-state index is 0.171. The monoisotopic (exact) mass is 267 g/mol. The molecule has 20 heavy (non-hydrogen) atoms. The van der Waals surface area contributed by atoms with Crippen molar-refractivity contribution in [3.05, 3.63) is 60.2 Å². The Balaban J connectivity index is 1.76. The van der Waals surface area contributed by atoms with Crippen molar-refractivity contribution in [2.45, 2.75) is 25.5 Å². The maximum absolute atomic E-state index is 5.94. The predicted molar refractivity (Wildman–Crippen MR) is 82.7 cm³/mol. The minimum Gasteiger partial charge on any atom is -0.372 e. The average Bonchev–Trinajstić information content (AvgIpc) is 2.73. The van der Waals surface area contributed by atoms with Gasteiger partial charge in [0.15, 0.2) is 0 Å². The second-order valence-electron chi connectivity index (χ2n) is 5.45. The molecule has 1 N–H and O–H groups in total. The van der Waals surface area contributed by atoms with E-state index in [0.29, 0.717) is 6.04 Å². The van der Waals surface area contributed by atoms with Gasteiger partial charge < -0.3 is 10.1 Å². The van der Waals surface area contributed by atoms with Gasteiger partial charge in [0.05, 0.1) is 6.10 Å². The quantitative estimate of drug-likeness (QED) is 0.893. The van der Waals surface area contributed by atoms with E-state index < -0.39 is 0 Å². The third-order valence-corrected chi connectivity index (χ3v) is 3.91. The summed E-state index contributed by atoms with van der Waals surface area (Å²) in [5.41, 5.74) is 3.77. The van der Waals surface area contributed by atoms with Crippen LogP contribution in [0.3, 0.4) is 0 Å². The Bertz CT molecular complexity index is 535. The molecule has 1 saturated heterocycles. The second-order valence-corrected chi connectivity index (χ2v) is 5.45. The summed E-state index contributed by atoms with van der Waals surface area (Å²) in [7, 11) is 0. The van der Waals surface area contributed by atoms with Crippen LogP contribution >= 0.6 is 0 Å². The Hall–Kier alpha value is -1.64. The Kier molecular flexibility index (Phi) is 4.14. The van der Waals surface area contributed by atoms with Crippen LogP contribution in [0.4, 0.5) is 0 Å². The van der Waals surface area contributed by atoms with E-state index in [0.717, 1.165) is 19.6 Å². The average molecular weight is 267 g/mol. The van der Waals surface area contributed by atoms with E-state index in [2.05, 4.69) is 60.8 Å².